The van der Waals surface area contributed by atoms with Crippen LogP contribution in [0.2, 0.25) is 5.02 Å². The maximum atomic E-state index is 13.2. The number of amides is 1. The zero-order valence-electron chi connectivity index (χ0n) is 12.1. The first kappa shape index (κ1) is 15.1. The van der Waals surface area contributed by atoms with E-state index in [1.807, 2.05) is 35.9 Å². The van der Waals surface area contributed by atoms with Gasteiger partial charge in [-0.25, -0.2) is 4.39 Å². The van der Waals surface area contributed by atoms with Crippen LogP contribution in [0.4, 0.5) is 10.1 Å². The van der Waals surface area contributed by atoms with Gasteiger partial charge in [0.05, 0.1) is 15.2 Å². The normalized spacial score (nSPS) is 11.3. The smallest absolute Gasteiger partial charge is 0.272 e. The Morgan fingerprint density at radius 3 is 2.77 bits per heavy atom. The summed E-state index contributed by atoms with van der Waals surface area (Å²) < 4.78 is 16.2. The summed E-state index contributed by atoms with van der Waals surface area (Å²) in [6, 6.07) is 8.16. The lowest BCUT2D eigenvalue weighted by Crippen LogP contribution is -2.18. The summed E-state index contributed by atoms with van der Waals surface area (Å²) in [5.41, 5.74) is 2.09. The molecular formula is C16H14ClFN2OS. The summed E-state index contributed by atoms with van der Waals surface area (Å²) in [6.45, 7) is 4.06. The molecule has 0 aliphatic rings. The van der Waals surface area contributed by atoms with Gasteiger partial charge in [-0.05, 0) is 49.6 Å². The van der Waals surface area contributed by atoms with E-state index in [-0.39, 0.29) is 17.0 Å². The number of aromatic nitrogens is 1. The van der Waals surface area contributed by atoms with Crippen molar-refractivity contribution in [1.82, 2.24) is 4.57 Å². The number of hydrogen-bond donors (Lipinski definition) is 1. The molecule has 0 unspecified atom stereocenters. The molecule has 1 amide bonds. The molecule has 1 N–H and O–H groups in total. The minimum Gasteiger partial charge on any atom is -0.333 e. The van der Waals surface area contributed by atoms with Crippen LogP contribution in [0.1, 0.15) is 30.4 Å². The quantitative estimate of drug-likeness (QED) is 0.689. The van der Waals surface area contributed by atoms with Crippen molar-refractivity contribution in [2.24, 2.45) is 0 Å². The number of anilines is 1. The molecular weight excluding hydrogens is 323 g/mol. The number of carbonyl (C=O) groups excluding carboxylic acids is 1. The highest BCUT2D eigenvalue weighted by molar-refractivity contribution is 7.17. The van der Waals surface area contributed by atoms with Crippen LogP contribution in [-0.2, 0) is 0 Å². The third kappa shape index (κ3) is 2.62. The van der Waals surface area contributed by atoms with Crippen molar-refractivity contribution >= 4 is 44.7 Å². The Hall–Kier alpha value is -1.85. The van der Waals surface area contributed by atoms with Gasteiger partial charge in [0.2, 0.25) is 0 Å². The van der Waals surface area contributed by atoms with Crippen LogP contribution in [0.25, 0.3) is 10.2 Å². The molecule has 0 aliphatic heterocycles. The number of carbonyl (C=O) groups is 1. The highest BCUT2D eigenvalue weighted by Gasteiger charge is 2.18. The standard InChI is InChI=1S/C16H14ClFN2OS/c1-9(2)20-13-5-6-22-15(13)8-14(20)16(21)19-10-3-4-12(18)11(17)7-10/h3-9H,1-2H3,(H,19,21). The number of benzene rings is 1. The fraction of sp³-hybridized carbons (Fsp3) is 0.188. The van der Waals surface area contributed by atoms with Crippen LogP contribution in [0, 0.1) is 5.82 Å². The lowest BCUT2D eigenvalue weighted by atomic mass is 10.3. The Morgan fingerprint density at radius 1 is 1.32 bits per heavy atom. The van der Waals surface area contributed by atoms with Gasteiger partial charge in [0.25, 0.3) is 5.91 Å². The van der Waals surface area contributed by atoms with E-state index >= 15 is 0 Å². The maximum Gasteiger partial charge on any atom is 0.272 e. The number of nitrogens with one attached hydrogen (secondary N) is 1. The molecule has 3 rings (SSSR count). The van der Waals surface area contributed by atoms with Crippen molar-refractivity contribution in [3.63, 3.8) is 0 Å². The monoisotopic (exact) mass is 336 g/mol. The second-order valence-electron chi connectivity index (χ2n) is 5.25. The predicted octanol–water partition coefficient (Wildman–Crippen LogP) is 5.33. The molecule has 0 aliphatic carbocycles. The summed E-state index contributed by atoms with van der Waals surface area (Å²) in [6.07, 6.45) is 0. The first-order valence-corrected chi connectivity index (χ1v) is 8.08. The molecule has 0 saturated heterocycles. The molecule has 0 atom stereocenters. The Balaban J connectivity index is 1.96. The van der Waals surface area contributed by atoms with Gasteiger partial charge in [-0.15, -0.1) is 11.3 Å². The summed E-state index contributed by atoms with van der Waals surface area (Å²) in [4.78, 5) is 12.5. The van der Waals surface area contributed by atoms with E-state index in [4.69, 9.17) is 11.6 Å². The fourth-order valence-corrected chi connectivity index (χ4v) is 3.44. The number of hydrogen-bond acceptors (Lipinski definition) is 2. The van der Waals surface area contributed by atoms with Gasteiger partial charge in [0.1, 0.15) is 11.5 Å². The van der Waals surface area contributed by atoms with Gasteiger partial charge in [0.15, 0.2) is 0 Å². The maximum absolute atomic E-state index is 13.2. The molecule has 0 radical (unpaired) electrons. The molecule has 6 heteroatoms. The van der Waals surface area contributed by atoms with Crippen molar-refractivity contribution in [2.45, 2.75) is 19.9 Å². The molecule has 0 saturated carbocycles. The zero-order valence-corrected chi connectivity index (χ0v) is 13.6. The zero-order chi connectivity index (χ0) is 15.9. The number of nitrogens with zero attached hydrogens (tertiary/aromatic N) is 1. The SMILES string of the molecule is CC(C)n1c(C(=O)Nc2ccc(F)c(Cl)c2)cc2sccc21. The van der Waals surface area contributed by atoms with Gasteiger partial charge >= 0.3 is 0 Å². The molecule has 114 valence electrons. The van der Waals surface area contributed by atoms with Crippen LogP contribution >= 0.6 is 22.9 Å². The minimum atomic E-state index is -0.509. The van der Waals surface area contributed by atoms with Gasteiger partial charge in [0, 0.05) is 11.7 Å². The molecule has 3 nitrogen and oxygen atoms in total. The van der Waals surface area contributed by atoms with Crippen LogP contribution in [0.3, 0.4) is 0 Å². The van der Waals surface area contributed by atoms with Gasteiger partial charge in [-0.1, -0.05) is 11.6 Å². The fourth-order valence-electron chi connectivity index (χ4n) is 2.45. The molecule has 2 heterocycles. The van der Waals surface area contributed by atoms with Crippen molar-refractivity contribution in [3.05, 3.63) is 52.2 Å². The first-order valence-electron chi connectivity index (χ1n) is 6.82. The summed E-state index contributed by atoms with van der Waals surface area (Å²) in [7, 11) is 0. The third-order valence-corrected chi connectivity index (χ3v) is 4.53. The topological polar surface area (TPSA) is 34.0 Å². The van der Waals surface area contributed by atoms with Crippen molar-refractivity contribution < 1.29 is 9.18 Å². The van der Waals surface area contributed by atoms with Gasteiger partial charge < -0.3 is 9.88 Å². The Kier molecular flexibility index (Phi) is 3.93. The van der Waals surface area contributed by atoms with E-state index in [0.717, 1.165) is 10.2 Å². The van der Waals surface area contributed by atoms with Crippen LogP contribution in [0.15, 0.2) is 35.7 Å². The molecule has 2 aromatic heterocycles. The molecule has 0 fully saturated rings. The average molecular weight is 337 g/mol. The van der Waals surface area contributed by atoms with E-state index in [1.165, 1.54) is 18.2 Å². The lowest BCUT2D eigenvalue weighted by molar-refractivity contribution is 0.101. The number of thiophene rings is 1. The van der Waals surface area contributed by atoms with E-state index in [2.05, 4.69) is 5.32 Å². The lowest BCUT2D eigenvalue weighted by Gasteiger charge is -2.14. The number of halogens is 2. The van der Waals surface area contributed by atoms with Crippen LogP contribution in [-0.4, -0.2) is 10.5 Å². The second-order valence-corrected chi connectivity index (χ2v) is 6.60. The predicted molar refractivity (Wildman–Crippen MR) is 89.6 cm³/mol. The summed E-state index contributed by atoms with van der Waals surface area (Å²) in [5.74, 6) is -0.745. The summed E-state index contributed by atoms with van der Waals surface area (Å²) >= 11 is 7.34. The first-order chi connectivity index (χ1) is 10.5. The van der Waals surface area contributed by atoms with Crippen LogP contribution < -0.4 is 5.32 Å². The molecule has 1 aromatic carbocycles. The molecule has 3 aromatic rings. The van der Waals surface area contributed by atoms with Crippen LogP contribution in [0.5, 0.6) is 0 Å². The van der Waals surface area contributed by atoms with Gasteiger partial charge in [-0.3, -0.25) is 4.79 Å². The molecule has 22 heavy (non-hydrogen) atoms. The highest BCUT2D eigenvalue weighted by atomic mass is 35.5. The van der Waals surface area contributed by atoms with E-state index in [9.17, 15) is 9.18 Å². The number of fused-ring (bicyclic) bond motifs is 1. The Labute approximate surface area is 136 Å². The van der Waals surface area contributed by atoms with Gasteiger partial charge in [-0.2, -0.15) is 0 Å². The highest BCUT2D eigenvalue weighted by Crippen LogP contribution is 2.29. The van der Waals surface area contributed by atoms with Crippen molar-refractivity contribution in [3.8, 4) is 0 Å². The molecule has 0 spiro atoms. The Bertz CT molecular complexity index is 853. The largest absolute Gasteiger partial charge is 0.333 e. The minimum absolute atomic E-state index is 0.0157. The van der Waals surface area contributed by atoms with E-state index in [1.54, 1.807) is 11.3 Å². The average Bonchev–Trinajstić information content (AvgIpc) is 3.02. The van der Waals surface area contributed by atoms with Crippen molar-refractivity contribution in [2.75, 3.05) is 5.32 Å². The van der Waals surface area contributed by atoms with Crippen molar-refractivity contribution in [1.29, 1.82) is 0 Å². The Morgan fingerprint density at radius 2 is 2.09 bits per heavy atom. The van der Waals surface area contributed by atoms with E-state index in [0.29, 0.717) is 11.4 Å². The van der Waals surface area contributed by atoms with E-state index < -0.39 is 5.82 Å². The third-order valence-electron chi connectivity index (χ3n) is 3.39. The second kappa shape index (κ2) is 5.74. The number of rotatable bonds is 3. The molecule has 0 bridgehead atoms. The summed E-state index contributed by atoms with van der Waals surface area (Å²) in [5, 5.41) is 4.76.